The Bertz CT molecular complexity index is 547. The minimum atomic E-state index is 0.662. The van der Waals surface area contributed by atoms with Crippen molar-refractivity contribution < 1.29 is 0 Å². The molecule has 0 atom stereocenters. The molecule has 1 aliphatic carbocycles. The van der Waals surface area contributed by atoms with Gasteiger partial charge >= 0.3 is 0 Å². The first-order chi connectivity index (χ1) is 9.35. The van der Waals surface area contributed by atoms with E-state index in [1.54, 1.807) is 0 Å². The highest BCUT2D eigenvalue weighted by Crippen LogP contribution is 2.39. The lowest BCUT2D eigenvalue weighted by Gasteiger charge is -2.09. The summed E-state index contributed by atoms with van der Waals surface area (Å²) in [5.41, 5.74) is 3.40. The van der Waals surface area contributed by atoms with Gasteiger partial charge in [0.1, 0.15) is 0 Å². The lowest BCUT2D eigenvalue weighted by molar-refractivity contribution is 0.858. The fraction of sp³-hybridized carbons (Fsp3) is 0.375. The molecule has 0 radical (unpaired) electrons. The highest BCUT2D eigenvalue weighted by atomic mass is 15.1. The van der Waals surface area contributed by atoms with E-state index in [9.17, 15) is 0 Å². The molecule has 1 fully saturated rings. The summed E-state index contributed by atoms with van der Waals surface area (Å²) in [6, 6.07) is 12.3. The molecule has 1 N–H and O–H groups in total. The summed E-state index contributed by atoms with van der Waals surface area (Å²) in [6.45, 7) is 2.18. The van der Waals surface area contributed by atoms with Crippen LogP contribution in [-0.2, 0) is 6.42 Å². The van der Waals surface area contributed by atoms with Gasteiger partial charge in [-0.15, -0.1) is 0 Å². The van der Waals surface area contributed by atoms with E-state index < -0.39 is 0 Å². The normalized spacial score (nSPS) is 14.4. The predicted octanol–water partition coefficient (Wildman–Crippen LogP) is 4.05. The largest absolute Gasteiger partial charge is 0.324 e. The molecule has 1 aromatic carbocycles. The number of para-hydroxylation sites is 1. The first-order valence-electron chi connectivity index (χ1n) is 7.05. The van der Waals surface area contributed by atoms with Crippen LogP contribution in [0.3, 0.4) is 0 Å². The first kappa shape index (κ1) is 12.2. The van der Waals surface area contributed by atoms with Gasteiger partial charge < -0.3 is 5.32 Å². The molecule has 19 heavy (non-hydrogen) atoms. The van der Waals surface area contributed by atoms with E-state index >= 15 is 0 Å². The average Bonchev–Trinajstić information content (AvgIpc) is 3.24. The van der Waals surface area contributed by atoms with Crippen LogP contribution in [0.15, 0.2) is 36.4 Å². The van der Waals surface area contributed by atoms with Crippen LogP contribution >= 0.6 is 0 Å². The third kappa shape index (κ3) is 3.11. The Morgan fingerprint density at radius 3 is 2.63 bits per heavy atom. The molecule has 1 aliphatic rings. The number of aromatic nitrogens is 2. The summed E-state index contributed by atoms with van der Waals surface area (Å²) in [7, 11) is 0. The van der Waals surface area contributed by atoms with Gasteiger partial charge in [0.05, 0.1) is 0 Å². The van der Waals surface area contributed by atoms with Gasteiger partial charge in [-0.25, -0.2) is 9.97 Å². The number of nitrogens with one attached hydrogen (secondary N) is 1. The van der Waals surface area contributed by atoms with Gasteiger partial charge in [-0.1, -0.05) is 31.5 Å². The molecule has 1 aromatic heterocycles. The zero-order valence-electron chi connectivity index (χ0n) is 11.3. The van der Waals surface area contributed by atoms with Crippen LogP contribution in [0.5, 0.6) is 0 Å². The molecule has 1 saturated carbocycles. The topological polar surface area (TPSA) is 37.8 Å². The smallest absolute Gasteiger partial charge is 0.227 e. The molecule has 0 spiro atoms. The maximum Gasteiger partial charge on any atom is 0.227 e. The molecule has 0 saturated heterocycles. The second-order valence-corrected chi connectivity index (χ2v) is 5.12. The van der Waals surface area contributed by atoms with Crippen LogP contribution in [0.2, 0.25) is 0 Å². The quantitative estimate of drug-likeness (QED) is 0.873. The number of nitrogens with zero attached hydrogens (tertiary/aromatic N) is 2. The van der Waals surface area contributed by atoms with E-state index in [1.807, 2.05) is 30.3 Å². The van der Waals surface area contributed by atoms with Gasteiger partial charge in [0, 0.05) is 23.0 Å². The second kappa shape index (κ2) is 5.39. The summed E-state index contributed by atoms with van der Waals surface area (Å²) >= 11 is 0. The second-order valence-electron chi connectivity index (χ2n) is 5.12. The van der Waals surface area contributed by atoms with Crippen molar-refractivity contribution in [3.63, 3.8) is 0 Å². The fourth-order valence-corrected chi connectivity index (χ4v) is 2.20. The zero-order valence-corrected chi connectivity index (χ0v) is 11.3. The fourth-order valence-electron chi connectivity index (χ4n) is 2.20. The first-order valence-corrected chi connectivity index (χ1v) is 7.05. The van der Waals surface area contributed by atoms with Crippen LogP contribution in [-0.4, -0.2) is 9.97 Å². The predicted molar refractivity (Wildman–Crippen MR) is 77.7 cm³/mol. The Labute approximate surface area is 114 Å². The molecule has 2 aromatic rings. The van der Waals surface area contributed by atoms with Crippen molar-refractivity contribution in [2.75, 3.05) is 5.32 Å². The number of rotatable bonds is 5. The third-order valence-corrected chi connectivity index (χ3v) is 3.33. The van der Waals surface area contributed by atoms with E-state index in [4.69, 9.17) is 0 Å². The number of anilines is 2. The third-order valence-electron chi connectivity index (χ3n) is 3.33. The summed E-state index contributed by atoms with van der Waals surface area (Å²) in [6.07, 6.45) is 4.68. The molecular weight excluding hydrogens is 234 g/mol. The maximum absolute atomic E-state index is 4.65. The van der Waals surface area contributed by atoms with Crippen molar-refractivity contribution in [3.8, 4) is 0 Å². The van der Waals surface area contributed by atoms with Crippen LogP contribution in [0.1, 0.15) is 43.5 Å². The lowest BCUT2D eigenvalue weighted by atomic mass is 10.2. The van der Waals surface area contributed by atoms with Crippen molar-refractivity contribution in [1.82, 2.24) is 9.97 Å². The summed E-state index contributed by atoms with van der Waals surface area (Å²) in [5, 5.41) is 3.30. The molecule has 3 heteroatoms. The van der Waals surface area contributed by atoms with Crippen LogP contribution < -0.4 is 5.32 Å². The van der Waals surface area contributed by atoms with E-state index in [1.165, 1.54) is 18.5 Å². The van der Waals surface area contributed by atoms with Crippen molar-refractivity contribution in [1.29, 1.82) is 0 Å². The molecular formula is C16H19N3. The van der Waals surface area contributed by atoms with E-state index in [0.29, 0.717) is 5.92 Å². The van der Waals surface area contributed by atoms with Crippen molar-refractivity contribution in [2.45, 2.75) is 38.5 Å². The SMILES string of the molecule is CCCc1cc(C2CC2)nc(Nc2ccccc2)n1. The van der Waals surface area contributed by atoms with Gasteiger partial charge in [0.2, 0.25) is 5.95 Å². The van der Waals surface area contributed by atoms with Crippen LogP contribution in [0.25, 0.3) is 0 Å². The lowest BCUT2D eigenvalue weighted by Crippen LogP contribution is -2.03. The van der Waals surface area contributed by atoms with Crippen molar-refractivity contribution >= 4 is 11.6 Å². The van der Waals surface area contributed by atoms with Gasteiger partial charge in [-0.2, -0.15) is 0 Å². The molecule has 1 heterocycles. The number of benzene rings is 1. The highest BCUT2D eigenvalue weighted by Gasteiger charge is 2.26. The van der Waals surface area contributed by atoms with Gasteiger partial charge in [-0.3, -0.25) is 0 Å². The molecule has 0 bridgehead atoms. The summed E-state index contributed by atoms with van der Waals surface area (Å²) in [5.74, 6) is 1.40. The van der Waals surface area contributed by atoms with Gasteiger partial charge in [0.25, 0.3) is 0 Å². The number of aryl methyl sites for hydroxylation is 1. The van der Waals surface area contributed by atoms with Gasteiger partial charge in [0.15, 0.2) is 0 Å². The summed E-state index contributed by atoms with van der Waals surface area (Å²) < 4.78 is 0. The Balaban J connectivity index is 1.86. The Morgan fingerprint density at radius 1 is 1.16 bits per heavy atom. The van der Waals surface area contributed by atoms with Crippen molar-refractivity contribution in [3.05, 3.63) is 47.8 Å². The average molecular weight is 253 g/mol. The highest BCUT2D eigenvalue weighted by molar-refractivity contribution is 5.53. The molecule has 0 amide bonds. The minimum Gasteiger partial charge on any atom is -0.324 e. The molecule has 3 rings (SSSR count). The Hall–Kier alpha value is -1.90. The number of hydrogen-bond acceptors (Lipinski definition) is 3. The molecule has 0 unspecified atom stereocenters. The van der Waals surface area contributed by atoms with Crippen LogP contribution in [0, 0.1) is 0 Å². The molecule has 0 aliphatic heterocycles. The maximum atomic E-state index is 4.65. The molecule has 3 nitrogen and oxygen atoms in total. The van der Waals surface area contributed by atoms with Crippen LogP contribution in [0.4, 0.5) is 11.6 Å². The Kier molecular flexibility index (Phi) is 3.45. The van der Waals surface area contributed by atoms with E-state index in [2.05, 4.69) is 28.3 Å². The Morgan fingerprint density at radius 2 is 1.95 bits per heavy atom. The van der Waals surface area contributed by atoms with Crippen molar-refractivity contribution in [2.24, 2.45) is 0 Å². The monoisotopic (exact) mass is 253 g/mol. The zero-order chi connectivity index (χ0) is 13.1. The van der Waals surface area contributed by atoms with E-state index in [0.717, 1.165) is 30.2 Å². The summed E-state index contributed by atoms with van der Waals surface area (Å²) in [4.78, 5) is 9.26. The minimum absolute atomic E-state index is 0.662. The molecule has 98 valence electrons. The van der Waals surface area contributed by atoms with E-state index in [-0.39, 0.29) is 0 Å². The standard InChI is InChI=1S/C16H19N3/c1-2-6-14-11-15(12-9-10-12)19-16(18-14)17-13-7-4-3-5-8-13/h3-5,7-8,11-12H,2,6,9-10H2,1H3,(H,17,18,19). The van der Waals surface area contributed by atoms with Gasteiger partial charge in [-0.05, 0) is 37.5 Å². The number of hydrogen-bond donors (Lipinski definition) is 1.